The second kappa shape index (κ2) is 29.9. The summed E-state index contributed by atoms with van der Waals surface area (Å²) in [4.78, 5) is 162. The number of amides is 11. The van der Waals surface area contributed by atoms with Gasteiger partial charge < -0.3 is 95.2 Å². The van der Waals surface area contributed by atoms with Gasteiger partial charge in [0, 0.05) is 24.9 Å². The molecule has 0 spiro atoms. The van der Waals surface area contributed by atoms with Gasteiger partial charge in [-0.25, -0.2) is 9.78 Å². The number of rotatable bonds is 31. The van der Waals surface area contributed by atoms with E-state index in [0.29, 0.717) is 5.75 Å². The maximum atomic E-state index is 13.8. The monoisotopic (exact) mass is 1030 g/mol. The van der Waals surface area contributed by atoms with Gasteiger partial charge in [0.25, 0.3) is 0 Å². The number of thioether (sulfide) groups is 1. The van der Waals surface area contributed by atoms with E-state index >= 15 is 0 Å². The number of primary amides is 2. The van der Waals surface area contributed by atoms with Crippen LogP contribution in [-0.2, 0) is 64.0 Å². The van der Waals surface area contributed by atoms with Crippen molar-refractivity contribution in [2.24, 2.45) is 17.2 Å². The fourth-order valence-corrected chi connectivity index (χ4v) is 7.22. The Morgan fingerprint density at radius 1 is 0.718 bits per heavy atom. The van der Waals surface area contributed by atoms with Crippen LogP contribution >= 0.6 is 11.8 Å². The third-order valence-corrected chi connectivity index (χ3v) is 11.1. The molecule has 11 amide bonds. The molecule has 1 aromatic rings. The molecular weight excluding hydrogens is 969 g/mol. The molecule has 20 N–H and O–H groups in total. The molecule has 0 saturated carbocycles. The molecule has 0 bridgehead atoms. The zero-order valence-electron chi connectivity index (χ0n) is 38.6. The number of aromatic amines is 1. The van der Waals surface area contributed by atoms with Gasteiger partial charge in [0.1, 0.15) is 54.4 Å². The van der Waals surface area contributed by atoms with E-state index in [1.807, 2.05) is 0 Å². The second-order valence-corrected chi connectivity index (χ2v) is 16.9. The van der Waals surface area contributed by atoms with Crippen molar-refractivity contribution in [1.29, 1.82) is 0 Å². The van der Waals surface area contributed by atoms with Gasteiger partial charge in [-0.1, -0.05) is 0 Å². The van der Waals surface area contributed by atoms with Gasteiger partial charge in [0.05, 0.1) is 51.6 Å². The van der Waals surface area contributed by atoms with Crippen molar-refractivity contribution >= 4 is 82.7 Å². The zero-order chi connectivity index (χ0) is 53.5. The number of aromatic nitrogens is 2. The summed E-state index contributed by atoms with van der Waals surface area (Å²) in [6.07, 6.45) is 0.598. The lowest BCUT2D eigenvalue weighted by Crippen LogP contribution is -2.62. The van der Waals surface area contributed by atoms with Crippen LogP contribution < -0.4 is 59.7 Å². The van der Waals surface area contributed by atoms with E-state index in [9.17, 15) is 83.1 Å². The first-order valence-electron chi connectivity index (χ1n) is 21.7. The summed E-state index contributed by atoms with van der Waals surface area (Å²) in [5, 5.41) is 67.6. The van der Waals surface area contributed by atoms with Gasteiger partial charge in [-0.05, 0) is 38.2 Å². The first-order valence-corrected chi connectivity index (χ1v) is 23.1. The number of nitrogens with zero attached hydrogens (tertiary/aromatic N) is 2. The van der Waals surface area contributed by atoms with E-state index < -0.39 is 171 Å². The minimum atomic E-state index is -1.93. The number of hydrogen-bond acceptors (Lipinski definition) is 19. The number of carboxylic acids is 1. The van der Waals surface area contributed by atoms with Crippen LogP contribution in [0.4, 0.5) is 0 Å². The third kappa shape index (κ3) is 19.4. The Morgan fingerprint density at radius 3 is 1.68 bits per heavy atom. The third-order valence-electron chi connectivity index (χ3n) is 10.4. The molecule has 71 heavy (non-hydrogen) atoms. The van der Waals surface area contributed by atoms with E-state index in [-0.39, 0.29) is 37.9 Å². The maximum absolute atomic E-state index is 13.8. The van der Waals surface area contributed by atoms with Crippen molar-refractivity contribution < 1.29 is 83.1 Å². The number of carbonyl (C=O) groups is 12. The zero-order valence-corrected chi connectivity index (χ0v) is 39.4. The Balaban J connectivity index is 2.24. The number of carbonyl (C=O) groups excluding carboxylic acids is 11. The lowest BCUT2D eigenvalue weighted by Gasteiger charge is -2.31. The normalized spacial score (nSPS) is 16.9. The number of aliphatic hydroxyl groups is 4. The molecule has 0 aliphatic carbocycles. The molecule has 1 aliphatic heterocycles. The van der Waals surface area contributed by atoms with Crippen LogP contribution in [0, 0.1) is 0 Å². The Hall–Kier alpha value is -7.00. The average Bonchev–Trinajstić information content (AvgIpc) is 4.03. The van der Waals surface area contributed by atoms with Crippen LogP contribution in [0.5, 0.6) is 0 Å². The maximum Gasteiger partial charge on any atom is 0.326 e. The first-order chi connectivity index (χ1) is 33.5. The molecule has 1 aliphatic rings. The molecule has 32 heteroatoms. The predicted octanol–water partition coefficient (Wildman–Crippen LogP) is -10.3. The summed E-state index contributed by atoms with van der Waals surface area (Å²) in [5.41, 5.74) is 16.1. The quantitative estimate of drug-likeness (QED) is 0.0328. The highest BCUT2D eigenvalue weighted by Gasteiger charge is 2.41. The minimum Gasteiger partial charge on any atom is -0.480 e. The number of carboxylic acid groups (broad SMARTS) is 1. The van der Waals surface area contributed by atoms with Crippen molar-refractivity contribution in [3.05, 3.63) is 18.2 Å². The summed E-state index contributed by atoms with van der Waals surface area (Å²) in [7, 11) is 0. The number of nitrogens with two attached hydrogens (primary N) is 3. The average molecular weight is 1030 g/mol. The highest BCUT2D eigenvalue weighted by atomic mass is 32.2. The topological polar surface area (TPSA) is 512 Å². The molecule has 1 fully saturated rings. The van der Waals surface area contributed by atoms with Crippen molar-refractivity contribution in [3.63, 3.8) is 0 Å². The summed E-state index contributed by atoms with van der Waals surface area (Å²) >= 11 is 1.29. The first kappa shape index (κ1) is 60.1. The molecule has 10 atom stereocenters. The van der Waals surface area contributed by atoms with Crippen molar-refractivity contribution in [2.45, 2.75) is 106 Å². The highest BCUT2D eigenvalue weighted by molar-refractivity contribution is 7.98. The van der Waals surface area contributed by atoms with Crippen molar-refractivity contribution in [2.75, 3.05) is 44.9 Å². The molecular formula is C39H62N14O17S. The van der Waals surface area contributed by atoms with Crippen LogP contribution in [0.1, 0.15) is 44.7 Å². The number of likely N-dealkylation sites (tertiary alicyclic amines) is 1. The Bertz CT molecular complexity index is 2060. The highest BCUT2D eigenvalue weighted by Crippen LogP contribution is 2.19. The van der Waals surface area contributed by atoms with Crippen LogP contribution in [0.3, 0.4) is 0 Å². The van der Waals surface area contributed by atoms with E-state index in [4.69, 9.17) is 17.2 Å². The lowest BCUT2D eigenvalue weighted by molar-refractivity contribution is -0.144. The van der Waals surface area contributed by atoms with Crippen LogP contribution in [0.2, 0.25) is 0 Å². The Morgan fingerprint density at radius 2 is 1.20 bits per heavy atom. The van der Waals surface area contributed by atoms with Crippen LogP contribution in [0.15, 0.2) is 12.5 Å². The Labute approximate surface area is 408 Å². The number of imidazole rings is 1. The SMILES string of the molecule is CSCC[C@H](NC(=O)[C@H](CC(N)=O)NC(=O)[C@@H](NC(=O)[C@@H]1CCCN1C(=O)[C@H](CO)NC(=O)[C@H](CC(N)=O)NC(=O)[C@H](CO)NC(=O)[C@H](Cc1cnc[nH]1)NC(=O)[C@H](CO)NC(=O)CN)[C@@H](C)O)C(=O)O. The minimum absolute atomic E-state index is 0.0178. The second-order valence-electron chi connectivity index (χ2n) is 15.9. The summed E-state index contributed by atoms with van der Waals surface area (Å²) in [6.45, 7) is -2.77. The van der Waals surface area contributed by atoms with Gasteiger partial charge in [-0.15, -0.1) is 0 Å². The summed E-state index contributed by atoms with van der Waals surface area (Å²) in [5.74, 6) is -13.3. The number of aliphatic carboxylic acids is 1. The largest absolute Gasteiger partial charge is 0.480 e. The van der Waals surface area contributed by atoms with E-state index in [1.165, 1.54) is 24.3 Å². The number of nitrogens with one attached hydrogen (secondary N) is 9. The molecule has 1 saturated heterocycles. The predicted molar refractivity (Wildman–Crippen MR) is 243 cm³/mol. The van der Waals surface area contributed by atoms with Crippen LogP contribution in [-0.4, -0.2) is 217 Å². The van der Waals surface area contributed by atoms with E-state index in [2.05, 4.69) is 52.5 Å². The number of aliphatic hydroxyl groups excluding tert-OH is 4. The molecule has 0 radical (unpaired) electrons. The van der Waals surface area contributed by atoms with Crippen molar-refractivity contribution in [1.82, 2.24) is 57.4 Å². The van der Waals surface area contributed by atoms with Gasteiger partial charge in [0.15, 0.2) is 0 Å². The molecule has 2 heterocycles. The fourth-order valence-electron chi connectivity index (χ4n) is 6.75. The molecule has 1 aromatic heterocycles. The van der Waals surface area contributed by atoms with Gasteiger partial charge in [-0.3, -0.25) is 52.7 Å². The molecule has 31 nitrogen and oxygen atoms in total. The van der Waals surface area contributed by atoms with E-state index in [0.717, 1.165) is 11.8 Å². The standard InChI is InChI=1S/C39H62N14O17S/c1-17(57)30(37(67)49-22(10-28(42)59)32(62)46-19(39(69)70)5-7-71-2)52-36(66)26-4-3-6-53(26)38(68)25(15-56)51-33(63)21(9-27(41)58)48-35(65)24(14-55)50-31(61)20(8-18-12-43-16-44-18)47-34(64)23(13-54)45-29(60)11-40/h12,16-17,19-26,30,54-57H,3-11,13-15,40H2,1-2H3,(H2,41,58)(H2,42,59)(H,43,44)(H,45,60)(H,46,62)(H,47,64)(H,48,65)(H,49,67)(H,50,61)(H,51,63)(H,52,66)(H,69,70)/t17-,19+,20+,21+,22+,23+,24+,25+,26+,30+/m1/s1. The smallest absolute Gasteiger partial charge is 0.326 e. The number of hydrogen-bond donors (Lipinski definition) is 17. The summed E-state index contributed by atoms with van der Waals surface area (Å²) < 4.78 is 0. The number of H-pyrrole nitrogens is 1. The van der Waals surface area contributed by atoms with Gasteiger partial charge in [0.2, 0.25) is 65.0 Å². The molecule has 396 valence electrons. The fraction of sp³-hybridized carbons (Fsp3) is 0.615. The molecule has 0 aromatic carbocycles. The van der Waals surface area contributed by atoms with Gasteiger partial charge >= 0.3 is 5.97 Å². The van der Waals surface area contributed by atoms with E-state index in [1.54, 1.807) is 6.26 Å². The van der Waals surface area contributed by atoms with Crippen molar-refractivity contribution in [3.8, 4) is 0 Å². The Kier molecular flexibility index (Phi) is 25.3. The lowest BCUT2D eigenvalue weighted by atomic mass is 10.1. The van der Waals surface area contributed by atoms with Crippen LogP contribution in [0.25, 0.3) is 0 Å². The molecule has 2 rings (SSSR count). The summed E-state index contributed by atoms with van der Waals surface area (Å²) in [6, 6.07) is -15.2. The van der Waals surface area contributed by atoms with Gasteiger partial charge in [-0.2, -0.15) is 11.8 Å². The molecule has 0 unspecified atom stereocenters.